The third-order valence-electron chi connectivity index (χ3n) is 3.36. The number of thioether (sulfide) groups is 1. The molecule has 0 aromatic heterocycles. The van der Waals surface area contributed by atoms with Gasteiger partial charge >= 0.3 is 0 Å². The Labute approximate surface area is 114 Å². The number of rotatable bonds is 5. The molecule has 0 atom stereocenters. The molecule has 1 heterocycles. The molecule has 18 heavy (non-hydrogen) atoms. The number of nitriles is 1. The van der Waals surface area contributed by atoms with Crippen LogP contribution in [0.25, 0.3) is 0 Å². The lowest BCUT2D eigenvalue weighted by Gasteiger charge is -2.36. The third kappa shape index (κ3) is 4.51. The summed E-state index contributed by atoms with van der Waals surface area (Å²) >= 11 is 1.66. The summed E-state index contributed by atoms with van der Waals surface area (Å²) in [6.07, 6.45) is 4.36. The summed E-state index contributed by atoms with van der Waals surface area (Å²) in [7, 11) is 0. The Bertz CT molecular complexity index is 317. The minimum atomic E-state index is -0.198. The first-order chi connectivity index (χ1) is 8.51. The normalized spacial score (nSPS) is 19.5. The van der Waals surface area contributed by atoms with Crippen molar-refractivity contribution in [3.63, 3.8) is 0 Å². The molecule has 0 unspecified atom stereocenters. The zero-order chi connectivity index (χ0) is 13.6. The van der Waals surface area contributed by atoms with E-state index in [9.17, 15) is 10.1 Å². The molecule has 1 aliphatic rings. The van der Waals surface area contributed by atoms with E-state index in [1.165, 1.54) is 0 Å². The van der Waals surface area contributed by atoms with E-state index in [0.717, 1.165) is 32.5 Å². The van der Waals surface area contributed by atoms with Crippen LogP contribution in [0.15, 0.2) is 0 Å². The molecule has 0 saturated carbocycles. The van der Waals surface area contributed by atoms with Crippen molar-refractivity contribution in [3.8, 4) is 6.07 Å². The van der Waals surface area contributed by atoms with Crippen molar-refractivity contribution in [2.24, 2.45) is 0 Å². The zero-order valence-electron chi connectivity index (χ0n) is 11.5. The third-order valence-corrected chi connectivity index (χ3v) is 4.64. The van der Waals surface area contributed by atoms with Gasteiger partial charge in [0.15, 0.2) is 0 Å². The molecule has 0 aliphatic carbocycles. The average molecular weight is 269 g/mol. The summed E-state index contributed by atoms with van der Waals surface area (Å²) in [6, 6.07) is 2.65. The molecule has 4 nitrogen and oxygen atoms in total. The van der Waals surface area contributed by atoms with Crippen LogP contribution < -0.4 is 5.32 Å². The van der Waals surface area contributed by atoms with Gasteiger partial charge in [0.05, 0.1) is 6.07 Å². The Hall–Kier alpha value is -0.730. The molecule has 0 aromatic carbocycles. The van der Waals surface area contributed by atoms with Gasteiger partial charge in [0, 0.05) is 32.1 Å². The van der Waals surface area contributed by atoms with Crippen molar-refractivity contribution >= 4 is 17.7 Å². The van der Waals surface area contributed by atoms with Crippen LogP contribution in [0.4, 0.5) is 0 Å². The monoisotopic (exact) mass is 269 g/mol. The van der Waals surface area contributed by atoms with Gasteiger partial charge in [-0.2, -0.15) is 5.26 Å². The van der Waals surface area contributed by atoms with E-state index in [2.05, 4.69) is 16.3 Å². The molecular formula is C13H23N3OS. The number of hydrogen-bond acceptors (Lipinski definition) is 4. The Morgan fingerprint density at radius 1 is 1.50 bits per heavy atom. The van der Waals surface area contributed by atoms with E-state index in [0.29, 0.717) is 6.42 Å². The highest BCUT2D eigenvalue weighted by molar-refractivity contribution is 8.00. The second kappa shape index (κ2) is 7.01. The quantitative estimate of drug-likeness (QED) is 0.824. The van der Waals surface area contributed by atoms with Gasteiger partial charge in [-0.15, -0.1) is 11.8 Å². The molecule has 1 aliphatic heterocycles. The topological polar surface area (TPSA) is 56.1 Å². The number of carbonyl (C=O) groups is 1. The first kappa shape index (κ1) is 15.3. The van der Waals surface area contributed by atoms with Gasteiger partial charge in [-0.25, -0.2) is 0 Å². The van der Waals surface area contributed by atoms with Crippen molar-refractivity contribution in [2.45, 2.75) is 43.9 Å². The fraction of sp³-hybridized carbons (Fsp3) is 0.846. The van der Waals surface area contributed by atoms with Crippen LogP contribution in [0.3, 0.4) is 0 Å². The Morgan fingerprint density at radius 3 is 2.56 bits per heavy atom. The minimum Gasteiger partial charge on any atom is -0.354 e. The number of hydrogen-bond donors (Lipinski definition) is 1. The maximum Gasteiger partial charge on any atom is 0.221 e. The molecule has 0 radical (unpaired) electrons. The average Bonchev–Trinajstić information content (AvgIpc) is 2.36. The second-order valence-corrected chi connectivity index (χ2v) is 6.31. The van der Waals surface area contributed by atoms with Crippen LogP contribution in [0, 0.1) is 11.3 Å². The Balaban J connectivity index is 2.28. The highest BCUT2D eigenvalue weighted by atomic mass is 32.2. The van der Waals surface area contributed by atoms with Crippen LogP contribution in [-0.2, 0) is 4.79 Å². The molecule has 1 saturated heterocycles. The number of carbonyl (C=O) groups excluding carboxylic acids is 1. The summed E-state index contributed by atoms with van der Waals surface area (Å²) in [5.74, 6) is 0.118. The molecular weight excluding hydrogens is 246 g/mol. The van der Waals surface area contributed by atoms with Gasteiger partial charge in [0.1, 0.15) is 4.75 Å². The Kier molecular flexibility index (Phi) is 5.97. The van der Waals surface area contributed by atoms with E-state index in [1.807, 2.05) is 20.1 Å². The fourth-order valence-electron chi connectivity index (χ4n) is 2.15. The van der Waals surface area contributed by atoms with Crippen molar-refractivity contribution in [1.29, 1.82) is 5.26 Å². The predicted octanol–water partition coefficient (Wildman–Crippen LogP) is 1.62. The molecule has 0 spiro atoms. The number of piperidine rings is 1. The van der Waals surface area contributed by atoms with E-state index in [-0.39, 0.29) is 16.7 Å². The number of likely N-dealkylation sites (tertiary alicyclic amines) is 1. The largest absolute Gasteiger partial charge is 0.354 e. The summed E-state index contributed by atoms with van der Waals surface area (Å²) in [5.41, 5.74) is 0. The highest BCUT2D eigenvalue weighted by Crippen LogP contribution is 2.33. The smallest absolute Gasteiger partial charge is 0.221 e. The van der Waals surface area contributed by atoms with Crippen LogP contribution in [0.2, 0.25) is 0 Å². The first-order valence-electron chi connectivity index (χ1n) is 6.49. The van der Waals surface area contributed by atoms with Crippen LogP contribution >= 0.6 is 11.8 Å². The molecule has 0 bridgehead atoms. The summed E-state index contributed by atoms with van der Waals surface area (Å²) in [5, 5.41) is 12.1. The van der Waals surface area contributed by atoms with E-state index < -0.39 is 0 Å². The minimum absolute atomic E-state index is 0.118. The van der Waals surface area contributed by atoms with Crippen molar-refractivity contribution in [2.75, 3.05) is 25.9 Å². The lowest BCUT2D eigenvalue weighted by atomic mass is 9.97. The molecule has 102 valence electrons. The number of amides is 1. The standard InChI is InChI=1S/C13H23N3OS/c1-11(2)15-12(17)4-7-16-8-5-13(10-14,18-3)6-9-16/h11H,4-9H2,1-3H3,(H,15,17). The van der Waals surface area contributed by atoms with Gasteiger partial charge in [-0.3, -0.25) is 4.79 Å². The van der Waals surface area contributed by atoms with Crippen molar-refractivity contribution < 1.29 is 4.79 Å². The van der Waals surface area contributed by atoms with Gasteiger partial charge < -0.3 is 10.2 Å². The highest BCUT2D eigenvalue weighted by Gasteiger charge is 2.33. The van der Waals surface area contributed by atoms with Gasteiger partial charge in [0.2, 0.25) is 5.91 Å². The van der Waals surface area contributed by atoms with Crippen molar-refractivity contribution in [1.82, 2.24) is 10.2 Å². The van der Waals surface area contributed by atoms with Gasteiger partial charge in [-0.05, 0) is 32.9 Å². The van der Waals surface area contributed by atoms with Gasteiger partial charge in [0.25, 0.3) is 0 Å². The van der Waals surface area contributed by atoms with E-state index in [1.54, 1.807) is 11.8 Å². The molecule has 1 fully saturated rings. The van der Waals surface area contributed by atoms with Crippen LogP contribution in [0.1, 0.15) is 33.1 Å². The summed E-state index contributed by atoms with van der Waals surface area (Å²) in [4.78, 5) is 13.8. The predicted molar refractivity (Wildman–Crippen MR) is 75.4 cm³/mol. The first-order valence-corrected chi connectivity index (χ1v) is 7.72. The van der Waals surface area contributed by atoms with E-state index >= 15 is 0 Å². The summed E-state index contributed by atoms with van der Waals surface area (Å²) in [6.45, 7) is 6.58. The van der Waals surface area contributed by atoms with E-state index in [4.69, 9.17) is 0 Å². The zero-order valence-corrected chi connectivity index (χ0v) is 12.3. The molecule has 1 amide bonds. The SMILES string of the molecule is CSC1(C#N)CCN(CCC(=O)NC(C)C)CC1. The molecule has 5 heteroatoms. The number of nitrogens with zero attached hydrogens (tertiary/aromatic N) is 2. The lowest BCUT2D eigenvalue weighted by molar-refractivity contribution is -0.121. The van der Waals surface area contributed by atoms with Crippen LogP contribution in [-0.4, -0.2) is 47.5 Å². The molecule has 1 N–H and O–H groups in total. The van der Waals surface area contributed by atoms with Crippen LogP contribution in [0.5, 0.6) is 0 Å². The van der Waals surface area contributed by atoms with Gasteiger partial charge in [-0.1, -0.05) is 0 Å². The van der Waals surface area contributed by atoms with Crippen molar-refractivity contribution in [3.05, 3.63) is 0 Å². The Morgan fingerprint density at radius 2 is 2.11 bits per heavy atom. The molecule has 0 aromatic rings. The summed E-state index contributed by atoms with van der Waals surface area (Å²) < 4.78 is -0.198. The molecule has 1 rings (SSSR count). The fourth-order valence-corrected chi connectivity index (χ4v) is 2.84. The number of nitrogens with one attached hydrogen (secondary N) is 1. The maximum absolute atomic E-state index is 11.5. The maximum atomic E-state index is 11.5. The second-order valence-electron chi connectivity index (χ2n) is 5.12. The lowest BCUT2D eigenvalue weighted by Crippen LogP contribution is -2.43.